The molecule has 0 unspecified atom stereocenters. The Morgan fingerprint density at radius 3 is 2.88 bits per heavy atom. The predicted molar refractivity (Wildman–Crippen MR) is 87.3 cm³/mol. The molecule has 0 saturated carbocycles. The van der Waals surface area contributed by atoms with Crippen LogP contribution in [0.4, 0.5) is 5.69 Å². The molecule has 8 nitrogen and oxygen atoms in total. The van der Waals surface area contributed by atoms with Gasteiger partial charge in [0.2, 0.25) is 5.82 Å². The molecule has 0 aliphatic rings. The van der Waals surface area contributed by atoms with E-state index in [0.29, 0.717) is 16.5 Å². The second-order valence-electron chi connectivity index (χ2n) is 4.89. The Labute approximate surface area is 140 Å². The minimum absolute atomic E-state index is 0.0310. The summed E-state index contributed by atoms with van der Waals surface area (Å²) in [4.78, 5) is 24.4. The van der Waals surface area contributed by atoms with Gasteiger partial charge in [-0.25, -0.2) is 14.5 Å². The van der Waals surface area contributed by atoms with E-state index in [2.05, 4.69) is 25.4 Å². The Hall–Kier alpha value is -3.26. The second kappa shape index (κ2) is 5.74. The number of imidazole rings is 1. The third-order valence-corrected chi connectivity index (χ3v) is 3.61. The van der Waals surface area contributed by atoms with Gasteiger partial charge in [0, 0.05) is 30.5 Å². The van der Waals surface area contributed by atoms with Crippen LogP contribution in [0.1, 0.15) is 10.6 Å². The zero-order chi connectivity index (χ0) is 16.5. The summed E-state index contributed by atoms with van der Waals surface area (Å²) in [6.07, 6.45) is 8.35. The van der Waals surface area contributed by atoms with E-state index in [0.717, 1.165) is 5.69 Å². The average Bonchev–Trinajstić information content (AvgIpc) is 3.24. The van der Waals surface area contributed by atoms with E-state index >= 15 is 0 Å². The van der Waals surface area contributed by atoms with E-state index in [4.69, 9.17) is 11.6 Å². The van der Waals surface area contributed by atoms with Gasteiger partial charge in [0.1, 0.15) is 0 Å². The van der Waals surface area contributed by atoms with Crippen LogP contribution in [0.25, 0.3) is 11.5 Å². The lowest BCUT2D eigenvalue weighted by atomic mass is 10.2. The number of rotatable bonds is 3. The zero-order valence-corrected chi connectivity index (χ0v) is 12.9. The average molecular weight is 340 g/mol. The Balaban J connectivity index is 1.58. The molecule has 4 rings (SSSR count). The normalized spacial score (nSPS) is 10.9. The second-order valence-corrected chi connectivity index (χ2v) is 5.30. The van der Waals surface area contributed by atoms with E-state index in [1.54, 1.807) is 59.9 Å². The number of halogens is 1. The van der Waals surface area contributed by atoms with Gasteiger partial charge in [-0.15, -0.1) is 5.10 Å². The lowest BCUT2D eigenvalue weighted by Gasteiger charge is -2.08. The van der Waals surface area contributed by atoms with Crippen molar-refractivity contribution in [3.05, 3.63) is 66.2 Å². The smallest absolute Gasteiger partial charge is 0.295 e. The zero-order valence-electron chi connectivity index (χ0n) is 12.2. The summed E-state index contributed by atoms with van der Waals surface area (Å²) >= 11 is 6.27. The Bertz CT molecular complexity index is 992. The van der Waals surface area contributed by atoms with E-state index < -0.39 is 5.91 Å². The predicted octanol–water partition coefficient (Wildman–Crippen LogP) is 2.22. The number of hydrogen-bond acceptors (Lipinski definition) is 5. The monoisotopic (exact) mass is 339 g/mol. The number of carbonyl (C=O) groups excluding carboxylic acids is 1. The molecule has 0 radical (unpaired) electrons. The molecule has 0 bridgehead atoms. The first kappa shape index (κ1) is 14.3. The topological polar surface area (TPSA) is 90.0 Å². The SMILES string of the molecule is O=C(Nc1ccc(-n2ccnc2)c(Cl)c1)c1nc2ncccn2n1. The van der Waals surface area contributed by atoms with Gasteiger partial charge < -0.3 is 9.88 Å². The summed E-state index contributed by atoms with van der Waals surface area (Å²) in [5.74, 6) is -0.0494. The lowest BCUT2D eigenvalue weighted by Crippen LogP contribution is -2.14. The van der Waals surface area contributed by atoms with Crippen LogP contribution in [0, 0.1) is 0 Å². The summed E-state index contributed by atoms with van der Waals surface area (Å²) in [6, 6.07) is 6.90. The van der Waals surface area contributed by atoms with Gasteiger partial charge in [-0.3, -0.25) is 4.79 Å². The largest absolute Gasteiger partial charge is 0.319 e. The van der Waals surface area contributed by atoms with Crippen molar-refractivity contribution in [2.45, 2.75) is 0 Å². The molecule has 0 atom stereocenters. The van der Waals surface area contributed by atoms with E-state index in [-0.39, 0.29) is 5.82 Å². The van der Waals surface area contributed by atoms with Gasteiger partial charge in [-0.2, -0.15) is 4.98 Å². The molecule has 9 heteroatoms. The molecule has 4 aromatic rings. The number of nitrogens with zero attached hydrogens (tertiary/aromatic N) is 6. The van der Waals surface area contributed by atoms with Crippen molar-refractivity contribution >= 4 is 29.0 Å². The molecule has 0 spiro atoms. The highest BCUT2D eigenvalue weighted by Gasteiger charge is 2.14. The minimum atomic E-state index is -0.438. The Morgan fingerprint density at radius 1 is 1.21 bits per heavy atom. The van der Waals surface area contributed by atoms with Gasteiger partial charge in [0.15, 0.2) is 0 Å². The number of anilines is 1. The summed E-state index contributed by atoms with van der Waals surface area (Å²) in [7, 11) is 0. The van der Waals surface area contributed by atoms with Crippen molar-refractivity contribution in [1.29, 1.82) is 0 Å². The summed E-state index contributed by atoms with van der Waals surface area (Å²) < 4.78 is 3.22. The van der Waals surface area contributed by atoms with Crippen LogP contribution >= 0.6 is 11.6 Å². The van der Waals surface area contributed by atoms with Gasteiger partial charge in [0.05, 0.1) is 17.0 Å². The van der Waals surface area contributed by atoms with E-state index in [1.165, 1.54) is 4.52 Å². The maximum atomic E-state index is 12.3. The molecule has 3 aromatic heterocycles. The quantitative estimate of drug-likeness (QED) is 0.618. The van der Waals surface area contributed by atoms with Gasteiger partial charge in [-0.05, 0) is 24.3 Å². The fourth-order valence-electron chi connectivity index (χ4n) is 2.21. The summed E-state index contributed by atoms with van der Waals surface area (Å²) in [5, 5.41) is 7.28. The first-order valence-electron chi connectivity index (χ1n) is 6.97. The molecule has 0 aliphatic heterocycles. The number of hydrogen-bond donors (Lipinski definition) is 1. The molecule has 24 heavy (non-hydrogen) atoms. The molecule has 118 valence electrons. The van der Waals surface area contributed by atoms with Crippen molar-refractivity contribution in [1.82, 2.24) is 29.1 Å². The van der Waals surface area contributed by atoms with Crippen LogP contribution in [0.15, 0.2) is 55.4 Å². The molecule has 1 aromatic carbocycles. The van der Waals surface area contributed by atoms with E-state index in [9.17, 15) is 4.79 Å². The van der Waals surface area contributed by atoms with Crippen LogP contribution in [0.2, 0.25) is 5.02 Å². The van der Waals surface area contributed by atoms with Crippen molar-refractivity contribution in [2.75, 3.05) is 5.32 Å². The fourth-order valence-corrected chi connectivity index (χ4v) is 2.49. The molecule has 0 saturated heterocycles. The van der Waals surface area contributed by atoms with Crippen LogP contribution in [-0.2, 0) is 0 Å². The Morgan fingerprint density at radius 2 is 2.12 bits per heavy atom. The van der Waals surface area contributed by atoms with Crippen molar-refractivity contribution in [2.24, 2.45) is 0 Å². The van der Waals surface area contributed by atoms with Gasteiger partial charge in [-0.1, -0.05) is 11.6 Å². The maximum absolute atomic E-state index is 12.3. The molecule has 1 N–H and O–H groups in total. The third-order valence-electron chi connectivity index (χ3n) is 3.31. The number of carbonyl (C=O) groups is 1. The van der Waals surface area contributed by atoms with Crippen LogP contribution in [0.3, 0.4) is 0 Å². The standard InChI is InChI=1S/C15H10ClN7O/c16-11-8-10(2-3-12(11)22-7-5-17-9-22)19-14(24)13-20-15-18-4-1-6-23(15)21-13/h1-9H,(H,19,24). The van der Waals surface area contributed by atoms with Crippen molar-refractivity contribution in [3.63, 3.8) is 0 Å². The molecule has 0 aliphatic carbocycles. The number of nitrogens with one attached hydrogen (secondary N) is 1. The third kappa shape index (κ3) is 2.59. The number of fused-ring (bicyclic) bond motifs is 1. The van der Waals surface area contributed by atoms with Crippen LogP contribution in [-0.4, -0.2) is 35.0 Å². The number of benzene rings is 1. The lowest BCUT2D eigenvalue weighted by molar-refractivity contribution is 0.101. The number of aromatic nitrogens is 6. The van der Waals surface area contributed by atoms with Gasteiger partial charge >= 0.3 is 0 Å². The minimum Gasteiger partial charge on any atom is -0.319 e. The highest BCUT2D eigenvalue weighted by atomic mass is 35.5. The molecular formula is C15H10ClN7O. The van der Waals surface area contributed by atoms with Gasteiger partial charge in [0.25, 0.3) is 11.7 Å². The maximum Gasteiger partial charge on any atom is 0.295 e. The molecule has 0 fully saturated rings. The first-order valence-corrected chi connectivity index (χ1v) is 7.35. The highest BCUT2D eigenvalue weighted by Crippen LogP contribution is 2.24. The summed E-state index contributed by atoms with van der Waals surface area (Å²) in [6.45, 7) is 0. The highest BCUT2D eigenvalue weighted by molar-refractivity contribution is 6.32. The van der Waals surface area contributed by atoms with Crippen molar-refractivity contribution < 1.29 is 4.79 Å². The molecular weight excluding hydrogens is 330 g/mol. The summed E-state index contributed by atoms with van der Waals surface area (Å²) in [5.41, 5.74) is 1.31. The fraction of sp³-hybridized carbons (Fsp3) is 0. The van der Waals surface area contributed by atoms with Crippen LogP contribution in [0.5, 0.6) is 0 Å². The molecule has 3 heterocycles. The van der Waals surface area contributed by atoms with Crippen molar-refractivity contribution in [3.8, 4) is 5.69 Å². The van der Waals surface area contributed by atoms with Crippen LogP contribution < -0.4 is 5.32 Å². The number of amides is 1. The first-order chi connectivity index (χ1) is 11.7. The molecule has 1 amide bonds. The Kier molecular flexibility index (Phi) is 3.43. The van der Waals surface area contributed by atoms with E-state index in [1.807, 2.05) is 0 Å².